The number of aryl methyl sites for hydroxylation is 1. The summed E-state index contributed by atoms with van der Waals surface area (Å²) in [6, 6.07) is 13.9. The number of anilines is 2. The van der Waals surface area contributed by atoms with E-state index >= 15 is 0 Å². The van der Waals surface area contributed by atoms with E-state index in [1.54, 1.807) is 49.5 Å². The van der Waals surface area contributed by atoms with Gasteiger partial charge in [0.25, 0.3) is 11.5 Å². The minimum Gasteiger partial charge on any atom is -0.360 e. The second-order valence-electron chi connectivity index (χ2n) is 6.59. The van der Waals surface area contributed by atoms with Crippen molar-refractivity contribution in [2.75, 3.05) is 10.2 Å². The topological polar surface area (TPSA) is 76.3 Å². The van der Waals surface area contributed by atoms with Crippen molar-refractivity contribution in [2.24, 2.45) is 14.1 Å². The molecule has 0 spiro atoms. The van der Waals surface area contributed by atoms with Crippen LogP contribution in [0.3, 0.4) is 0 Å². The molecule has 4 rings (SSSR count). The molecule has 2 heterocycles. The molecule has 0 radical (unpaired) electrons. The fourth-order valence-electron chi connectivity index (χ4n) is 3.36. The molecule has 1 aliphatic heterocycles. The Morgan fingerprint density at radius 1 is 0.964 bits per heavy atom. The summed E-state index contributed by atoms with van der Waals surface area (Å²) in [7, 11) is 2.98. The maximum absolute atomic E-state index is 13.3. The first kappa shape index (κ1) is 18.1. The molecule has 142 valence electrons. The standard InChI is InChI=1S/C20H17ClN4O3/c1-23-11-15(18(26)24(2)20(23)28)17-22-16-6-4-3-5-14(16)19(27)25(17)13-9-7-12(21)8-10-13/h3-11,17,22H,1-2H3/t17-/m1/s1. The molecule has 1 aliphatic rings. The highest BCUT2D eigenvalue weighted by Gasteiger charge is 2.36. The zero-order valence-corrected chi connectivity index (χ0v) is 16.0. The van der Waals surface area contributed by atoms with Crippen LogP contribution in [0, 0.1) is 0 Å². The fourth-order valence-corrected chi connectivity index (χ4v) is 3.49. The van der Waals surface area contributed by atoms with E-state index in [1.165, 1.54) is 22.7 Å². The quantitative estimate of drug-likeness (QED) is 0.722. The van der Waals surface area contributed by atoms with E-state index in [9.17, 15) is 14.4 Å². The number of carbonyl (C=O) groups excluding carboxylic acids is 1. The van der Waals surface area contributed by atoms with Gasteiger partial charge in [-0.05, 0) is 36.4 Å². The van der Waals surface area contributed by atoms with Gasteiger partial charge in [-0.2, -0.15) is 0 Å². The maximum Gasteiger partial charge on any atom is 0.330 e. The number of halogens is 1. The summed E-state index contributed by atoms with van der Waals surface area (Å²) >= 11 is 6.00. The molecule has 0 saturated heterocycles. The van der Waals surface area contributed by atoms with E-state index in [0.29, 0.717) is 22.0 Å². The average molecular weight is 397 g/mol. The zero-order chi connectivity index (χ0) is 20.0. The second-order valence-corrected chi connectivity index (χ2v) is 7.02. The van der Waals surface area contributed by atoms with Crippen molar-refractivity contribution >= 4 is 28.9 Å². The van der Waals surface area contributed by atoms with Gasteiger partial charge in [-0.15, -0.1) is 0 Å². The Bertz CT molecular complexity index is 1200. The minimum atomic E-state index is -0.783. The van der Waals surface area contributed by atoms with Gasteiger partial charge in [-0.1, -0.05) is 23.7 Å². The third-order valence-electron chi connectivity index (χ3n) is 4.80. The lowest BCUT2D eigenvalue weighted by molar-refractivity contribution is 0.0974. The maximum atomic E-state index is 13.3. The summed E-state index contributed by atoms with van der Waals surface area (Å²) in [5.41, 5.74) is 1.08. The molecular weight excluding hydrogens is 380 g/mol. The Morgan fingerprint density at radius 2 is 1.64 bits per heavy atom. The molecule has 1 amide bonds. The van der Waals surface area contributed by atoms with Crippen LogP contribution >= 0.6 is 11.6 Å². The number of fused-ring (bicyclic) bond motifs is 1. The van der Waals surface area contributed by atoms with E-state index in [2.05, 4.69) is 5.32 Å². The van der Waals surface area contributed by atoms with E-state index in [-0.39, 0.29) is 11.5 Å². The van der Waals surface area contributed by atoms with Crippen molar-refractivity contribution < 1.29 is 4.79 Å². The molecule has 1 N–H and O–H groups in total. The minimum absolute atomic E-state index is 0.252. The lowest BCUT2D eigenvalue weighted by Gasteiger charge is -2.37. The van der Waals surface area contributed by atoms with Gasteiger partial charge in [0.15, 0.2) is 0 Å². The van der Waals surface area contributed by atoms with Crippen LogP contribution in [0.1, 0.15) is 22.1 Å². The van der Waals surface area contributed by atoms with Gasteiger partial charge in [0.1, 0.15) is 6.17 Å². The predicted molar refractivity (Wildman–Crippen MR) is 108 cm³/mol. The fraction of sp³-hybridized carbons (Fsp3) is 0.150. The first-order valence-corrected chi connectivity index (χ1v) is 8.97. The summed E-state index contributed by atoms with van der Waals surface area (Å²) in [6.45, 7) is 0. The Labute approximate surface area is 165 Å². The first-order chi connectivity index (χ1) is 13.4. The Kier molecular flexibility index (Phi) is 4.31. The van der Waals surface area contributed by atoms with E-state index in [1.807, 2.05) is 6.07 Å². The molecule has 0 saturated carbocycles. The van der Waals surface area contributed by atoms with Crippen molar-refractivity contribution in [1.82, 2.24) is 9.13 Å². The Balaban J connectivity index is 1.96. The largest absolute Gasteiger partial charge is 0.360 e. The number of rotatable bonds is 2. The van der Waals surface area contributed by atoms with Crippen LogP contribution in [-0.2, 0) is 14.1 Å². The Morgan fingerprint density at radius 3 is 2.36 bits per heavy atom. The number of para-hydroxylation sites is 1. The van der Waals surface area contributed by atoms with E-state index in [4.69, 9.17) is 11.6 Å². The van der Waals surface area contributed by atoms with Crippen molar-refractivity contribution in [1.29, 1.82) is 0 Å². The molecule has 7 nitrogen and oxygen atoms in total. The third-order valence-corrected chi connectivity index (χ3v) is 5.05. The van der Waals surface area contributed by atoms with Gasteiger partial charge in [-0.25, -0.2) is 4.79 Å². The van der Waals surface area contributed by atoms with Crippen LogP contribution in [0.25, 0.3) is 0 Å². The van der Waals surface area contributed by atoms with Gasteiger partial charge < -0.3 is 9.88 Å². The van der Waals surface area contributed by atoms with Gasteiger partial charge in [-0.3, -0.25) is 19.1 Å². The number of hydrogen-bond donors (Lipinski definition) is 1. The number of nitrogens with zero attached hydrogens (tertiary/aromatic N) is 3. The molecule has 1 atom stereocenters. The van der Waals surface area contributed by atoms with Crippen LogP contribution in [0.5, 0.6) is 0 Å². The van der Waals surface area contributed by atoms with Gasteiger partial charge in [0, 0.05) is 36.7 Å². The van der Waals surface area contributed by atoms with Gasteiger partial charge in [0.2, 0.25) is 0 Å². The highest BCUT2D eigenvalue weighted by molar-refractivity contribution is 6.30. The van der Waals surface area contributed by atoms with Crippen LogP contribution in [-0.4, -0.2) is 15.0 Å². The molecule has 8 heteroatoms. The summed E-state index contributed by atoms with van der Waals surface area (Å²) in [5.74, 6) is -0.252. The van der Waals surface area contributed by atoms with Gasteiger partial charge >= 0.3 is 5.69 Å². The molecule has 28 heavy (non-hydrogen) atoms. The number of carbonyl (C=O) groups is 1. The SMILES string of the molecule is Cn1cc([C@@H]2Nc3ccccc3C(=O)N2c2ccc(Cl)cc2)c(=O)n(C)c1=O. The molecule has 0 bridgehead atoms. The zero-order valence-electron chi connectivity index (χ0n) is 15.2. The number of amides is 1. The van der Waals surface area contributed by atoms with Crippen molar-refractivity contribution in [3.05, 3.63) is 91.7 Å². The number of aromatic nitrogens is 2. The Hall–Kier alpha value is -3.32. The number of nitrogens with one attached hydrogen (secondary N) is 1. The summed E-state index contributed by atoms with van der Waals surface area (Å²) in [4.78, 5) is 39.7. The molecule has 0 fully saturated rings. The van der Waals surface area contributed by atoms with Crippen LogP contribution in [0.2, 0.25) is 5.02 Å². The normalized spacial score (nSPS) is 15.9. The summed E-state index contributed by atoms with van der Waals surface area (Å²) < 4.78 is 2.35. The van der Waals surface area contributed by atoms with Crippen molar-refractivity contribution in [2.45, 2.75) is 6.17 Å². The summed E-state index contributed by atoms with van der Waals surface area (Å²) in [6.07, 6.45) is 0.681. The third kappa shape index (κ3) is 2.80. The summed E-state index contributed by atoms with van der Waals surface area (Å²) in [5, 5.41) is 3.80. The lowest BCUT2D eigenvalue weighted by atomic mass is 10.0. The monoisotopic (exact) mass is 396 g/mol. The lowest BCUT2D eigenvalue weighted by Crippen LogP contribution is -2.48. The molecular formula is C20H17ClN4O3. The molecule has 0 unspecified atom stereocenters. The second kappa shape index (κ2) is 6.69. The average Bonchev–Trinajstić information content (AvgIpc) is 2.70. The molecule has 0 aliphatic carbocycles. The van der Waals surface area contributed by atoms with Crippen molar-refractivity contribution in [3.63, 3.8) is 0 Å². The predicted octanol–water partition coefficient (Wildman–Crippen LogP) is 2.51. The number of benzene rings is 2. The van der Waals surface area contributed by atoms with Crippen molar-refractivity contribution in [3.8, 4) is 0 Å². The molecule has 1 aromatic heterocycles. The van der Waals surface area contributed by atoms with Gasteiger partial charge in [0.05, 0.1) is 11.1 Å². The van der Waals surface area contributed by atoms with E-state index < -0.39 is 17.4 Å². The number of hydrogen-bond acceptors (Lipinski definition) is 4. The molecule has 3 aromatic rings. The van der Waals surface area contributed by atoms with Crippen LogP contribution in [0.15, 0.2) is 64.3 Å². The van der Waals surface area contributed by atoms with E-state index in [0.717, 1.165) is 4.57 Å². The smallest absolute Gasteiger partial charge is 0.330 e. The molecule has 2 aromatic carbocycles. The van der Waals surface area contributed by atoms with Crippen LogP contribution < -0.4 is 21.5 Å². The highest BCUT2D eigenvalue weighted by Crippen LogP contribution is 2.35. The van der Waals surface area contributed by atoms with Crippen LogP contribution in [0.4, 0.5) is 11.4 Å². The first-order valence-electron chi connectivity index (χ1n) is 8.59. The highest BCUT2D eigenvalue weighted by atomic mass is 35.5.